The number of thioether (sulfide) groups is 1. The van der Waals surface area contributed by atoms with Crippen LogP contribution in [0.4, 0.5) is 5.82 Å². The second-order valence-electron chi connectivity index (χ2n) is 11.8. The van der Waals surface area contributed by atoms with Gasteiger partial charge in [0.25, 0.3) is 11.5 Å². The summed E-state index contributed by atoms with van der Waals surface area (Å²) in [6, 6.07) is 2.11. The molecule has 0 spiro atoms. The van der Waals surface area contributed by atoms with Gasteiger partial charge in [0.2, 0.25) is 0 Å². The highest BCUT2D eigenvalue weighted by Crippen LogP contribution is 2.37. The zero-order valence-electron chi connectivity index (χ0n) is 27.1. The second-order valence-corrected chi connectivity index (χ2v) is 13.5. The van der Waals surface area contributed by atoms with Crippen LogP contribution in [0.5, 0.6) is 0 Å². The summed E-state index contributed by atoms with van der Waals surface area (Å²) in [5.74, 6) is 0.229. The molecule has 0 aromatic carbocycles. The number of rotatable bonds is 17. The molecule has 0 radical (unpaired) electrons. The predicted molar refractivity (Wildman–Crippen MR) is 184 cm³/mol. The molecule has 3 rings (SSSR count). The van der Waals surface area contributed by atoms with Gasteiger partial charge in [-0.05, 0) is 51.2 Å². The third kappa shape index (κ3) is 9.20. The Morgan fingerprint density at radius 3 is 2.16 bits per heavy atom. The van der Waals surface area contributed by atoms with Crippen LogP contribution in [0.3, 0.4) is 0 Å². The first kappa shape index (κ1) is 35.8. The minimum Gasteiger partial charge on any atom is -0.466 e. The Balaban J connectivity index is 1.78. The Labute approximate surface area is 273 Å². The van der Waals surface area contributed by atoms with Crippen molar-refractivity contribution in [3.8, 4) is 6.07 Å². The molecule has 1 aromatic heterocycles. The Morgan fingerprint density at radius 1 is 0.977 bits per heavy atom. The highest BCUT2D eigenvalue weighted by atomic mass is 32.2. The van der Waals surface area contributed by atoms with E-state index < -0.39 is 0 Å². The number of aromatic nitrogens is 1. The van der Waals surface area contributed by atoms with E-state index in [0.717, 1.165) is 12.8 Å². The van der Waals surface area contributed by atoms with Crippen molar-refractivity contribution in [3.05, 3.63) is 31.9 Å². The van der Waals surface area contributed by atoms with Crippen molar-refractivity contribution in [2.75, 3.05) is 31.1 Å². The van der Waals surface area contributed by atoms with Crippen LogP contribution in [-0.4, -0.2) is 51.9 Å². The molecule has 242 valence electrons. The summed E-state index contributed by atoms with van der Waals surface area (Å²) in [4.78, 5) is 43.8. The van der Waals surface area contributed by atoms with E-state index in [1.807, 2.05) is 19.9 Å². The summed E-state index contributed by atoms with van der Waals surface area (Å²) in [6.45, 7) is 10.4. The maximum Gasteiger partial charge on any atom is 0.309 e. The summed E-state index contributed by atoms with van der Waals surface area (Å²) in [6.07, 6.45) is 16.0. The third-order valence-electron chi connectivity index (χ3n) is 8.59. The number of pyridine rings is 1. The molecule has 0 N–H and O–H groups in total. The van der Waals surface area contributed by atoms with E-state index in [2.05, 4.69) is 17.9 Å². The summed E-state index contributed by atoms with van der Waals surface area (Å²) >= 11 is 6.92. The lowest BCUT2D eigenvalue weighted by atomic mass is 9.95. The average molecular weight is 643 g/mol. The SMILES string of the molecule is CCCCCCCCCCCCN1C(=O)C(=Cc2c(C)c(C#N)c(=O)n(CCC)c2N2CCC(C(=O)OCC)CC2)SC1=S. The zero-order valence-corrected chi connectivity index (χ0v) is 28.8. The number of anilines is 1. The molecule has 1 amide bonds. The molecule has 1 aromatic rings. The van der Waals surface area contributed by atoms with Crippen molar-refractivity contribution in [1.29, 1.82) is 5.26 Å². The number of carbonyl (C=O) groups is 2. The highest BCUT2D eigenvalue weighted by Gasteiger charge is 2.34. The van der Waals surface area contributed by atoms with Gasteiger partial charge in [-0.3, -0.25) is 23.9 Å². The van der Waals surface area contributed by atoms with Crippen molar-refractivity contribution in [2.24, 2.45) is 5.92 Å². The van der Waals surface area contributed by atoms with Crippen LogP contribution in [0.2, 0.25) is 0 Å². The van der Waals surface area contributed by atoms with Crippen LogP contribution < -0.4 is 10.5 Å². The van der Waals surface area contributed by atoms with Gasteiger partial charge in [-0.2, -0.15) is 5.26 Å². The minimum absolute atomic E-state index is 0.0932. The van der Waals surface area contributed by atoms with Crippen LogP contribution >= 0.6 is 24.0 Å². The number of unbranched alkanes of at least 4 members (excludes halogenated alkanes) is 9. The number of carbonyl (C=O) groups excluding carboxylic acids is 2. The quantitative estimate of drug-likeness (QED) is 0.0754. The van der Waals surface area contributed by atoms with E-state index >= 15 is 0 Å². The molecule has 0 aliphatic carbocycles. The lowest BCUT2D eigenvalue weighted by molar-refractivity contribution is -0.148. The Kier molecular flexibility index (Phi) is 15.0. The number of ether oxygens (including phenoxy) is 1. The van der Waals surface area contributed by atoms with Gasteiger partial charge >= 0.3 is 5.97 Å². The van der Waals surface area contributed by atoms with Crippen LogP contribution in [0, 0.1) is 24.2 Å². The number of nitriles is 1. The molecule has 0 unspecified atom stereocenters. The summed E-state index contributed by atoms with van der Waals surface area (Å²) in [5.41, 5.74) is 1.03. The number of nitrogens with zero attached hydrogens (tertiary/aromatic N) is 4. The summed E-state index contributed by atoms with van der Waals surface area (Å²) in [5, 5.41) is 9.93. The van der Waals surface area contributed by atoms with E-state index in [4.69, 9.17) is 17.0 Å². The smallest absolute Gasteiger partial charge is 0.309 e. The van der Waals surface area contributed by atoms with E-state index in [1.54, 1.807) is 16.4 Å². The molecule has 3 heterocycles. The van der Waals surface area contributed by atoms with Gasteiger partial charge in [-0.25, -0.2) is 0 Å². The summed E-state index contributed by atoms with van der Waals surface area (Å²) < 4.78 is 7.47. The van der Waals surface area contributed by atoms with Gasteiger partial charge in [-0.1, -0.05) is 95.6 Å². The minimum atomic E-state index is -0.319. The molecule has 0 bridgehead atoms. The van der Waals surface area contributed by atoms with Crippen molar-refractivity contribution in [3.63, 3.8) is 0 Å². The second kappa shape index (κ2) is 18.4. The number of piperidine rings is 1. The van der Waals surface area contributed by atoms with Gasteiger partial charge in [-0.15, -0.1) is 0 Å². The number of amides is 1. The van der Waals surface area contributed by atoms with Crippen molar-refractivity contribution in [1.82, 2.24) is 9.47 Å². The van der Waals surface area contributed by atoms with E-state index in [9.17, 15) is 19.6 Å². The Bertz CT molecular complexity index is 1290. The highest BCUT2D eigenvalue weighted by molar-refractivity contribution is 8.26. The van der Waals surface area contributed by atoms with Crippen LogP contribution in [0.15, 0.2) is 9.70 Å². The molecule has 2 aliphatic heterocycles. The summed E-state index contributed by atoms with van der Waals surface area (Å²) in [7, 11) is 0. The van der Waals surface area contributed by atoms with Gasteiger partial charge in [0.1, 0.15) is 21.8 Å². The molecule has 10 heteroatoms. The lowest BCUT2D eigenvalue weighted by Crippen LogP contribution is -2.41. The van der Waals surface area contributed by atoms with Crippen LogP contribution in [0.25, 0.3) is 6.08 Å². The normalized spacial score (nSPS) is 16.7. The van der Waals surface area contributed by atoms with Crippen molar-refractivity contribution >= 4 is 52.1 Å². The molecular formula is C34H50N4O4S2. The first-order valence-electron chi connectivity index (χ1n) is 16.6. The number of hydrogen-bond donors (Lipinski definition) is 0. The van der Waals surface area contributed by atoms with Gasteiger partial charge in [0.05, 0.1) is 17.4 Å². The molecule has 0 saturated carbocycles. The van der Waals surface area contributed by atoms with Crippen molar-refractivity contribution in [2.45, 2.75) is 118 Å². The largest absolute Gasteiger partial charge is 0.466 e. The van der Waals surface area contributed by atoms with Crippen molar-refractivity contribution < 1.29 is 14.3 Å². The Morgan fingerprint density at radius 2 is 1.59 bits per heavy atom. The maximum atomic E-state index is 13.6. The monoisotopic (exact) mass is 642 g/mol. The lowest BCUT2D eigenvalue weighted by Gasteiger charge is -2.35. The zero-order chi connectivity index (χ0) is 32.1. The third-order valence-corrected chi connectivity index (χ3v) is 9.97. The van der Waals surface area contributed by atoms with Crippen LogP contribution in [0.1, 0.15) is 121 Å². The van der Waals surface area contributed by atoms with E-state index in [1.165, 1.54) is 63.1 Å². The standard InChI is InChI=1S/C34H50N4O4S2/c1-5-8-9-10-11-12-13-14-15-16-20-38-32(40)29(44-34(38)43)23-27-25(4)28(24-35)31(39)37(19-6-2)30(27)36-21-17-26(18-22-36)33(41)42-7-3/h23,26H,5-22H2,1-4H3. The molecule has 8 nitrogen and oxygen atoms in total. The maximum absolute atomic E-state index is 13.6. The number of esters is 1. The van der Waals surface area contributed by atoms with Gasteiger partial charge in [0, 0.05) is 31.7 Å². The molecular weight excluding hydrogens is 593 g/mol. The van der Waals surface area contributed by atoms with E-state index in [-0.39, 0.29) is 28.9 Å². The number of hydrogen-bond acceptors (Lipinski definition) is 8. The van der Waals surface area contributed by atoms with Gasteiger partial charge < -0.3 is 9.64 Å². The van der Waals surface area contributed by atoms with Crippen LogP contribution in [-0.2, 0) is 20.9 Å². The molecule has 2 aliphatic rings. The molecule has 0 atom stereocenters. The number of thiocarbonyl (C=S) groups is 1. The fourth-order valence-corrected chi connectivity index (χ4v) is 7.37. The fraction of sp³-hybridized carbons (Fsp3) is 0.676. The fourth-order valence-electron chi connectivity index (χ4n) is 6.08. The molecule has 2 saturated heterocycles. The topological polar surface area (TPSA) is 95.6 Å². The first-order chi connectivity index (χ1) is 21.3. The first-order valence-corrected chi connectivity index (χ1v) is 17.9. The predicted octanol–water partition coefficient (Wildman–Crippen LogP) is 7.34. The van der Waals surface area contributed by atoms with E-state index in [0.29, 0.717) is 78.2 Å². The Hall–Kier alpha value is -2.64. The molecule has 2 fully saturated rings. The molecule has 44 heavy (non-hydrogen) atoms. The average Bonchev–Trinajstić information content (AvgIpc) is 3.28. The van der Waals surface area contributed by atoms with Gasteiger partial charge in [0.15, 0.2) is 0 Å².